The number of thiazole rings is 1. The van der Waals surface area contributed by atoms with Crippen LogP contribution in [-0.2, 0) is 16.1 Å². The van der Waals surface area contributed by atoms with Crippen LogP contribution in [-0.4, -0.2) is 24.3 Å². The number of allylic oxidation sites excluding steroid dienone is 1. The third-order valence-electron chi connectivity index (χ3n) is 6.46. The van der Waals surface area contributed by atoms with Gasteiger partial charge in [0.1, 0.15) is 18.1 Å². The first-order valence-corrected chi connectivity index (χ1v) is 13.9. The van der Waals surface area contributed by atoms with E-state index in [0.717, 1.165) is 16.7 Å². The highest BCUT2D eigenvalue weighted by Gasteiger charge is 2.33. The number of benzene rings is 3. The van der Waals surface area contributed by atoms with Crippen LogP contribution in [0.2, 0.25) is 5.02 Å². The van der Waals surface area contributed by atoms with E-state index < -0.39 is 12.0 Å². The topological polar surface area (TPSA) is 79.1 Å². The van der Waals surface area contributed by atoms with Gasteiger partial charge < -0.3 is 14.2 Å². The molecule has 0 bridgehead atoms. The number of carbonyl (C=O) groups is 1. The Labute approximate surface area is 240 Å². The van der Waals surface area contributed by atoms with Crippen LogP contribution in [0.3, 0.4) is 0 Å². The lowest BCUT2D eigenvalue weighted by molar-refractivity contribution is -0.139. The van der Waals surface area contributed by atoms with E-state index in [1.807, 2.05) is 60.7 Å². The summed E-state index contributed by atoms with van der Waals surface area (Å²) >= 11 is 7.26. The second kappa shape index (κ2) is 11.9. The number of nitrogens with zero attached hydrogens (tertiary/aromatic N) is 2. The molecule has 2 heterocycles. The van der Waals surface area contributed by atoms with Gasteiger partial charge in [-0.3, -0.25) is 9.36 Å². The summed E-state index contributed by atoms with van der Waals surface area (Å²) in [6, 6.07) is 21.6. The van der Waals surface area contributed by atoms with E-state index >= 15 is 0 Å². The molecule has 0 aliphatic carbocycles. The zero-order valence-corrected chi connectivity index (χ0v) is 23.8. The normalized spacial score (nSPS) is 14.9. The van der Waals surface area contributed by atoms with Gasteiger partial charge in [-0.2, -0.15) is 0 Å². The average Bonchev–Trinajstić information content (AvgIpc) is 3.26. The van der Waals surface area contributed by atoms with Gasteiger partial charge in [0.25, 0.3) is 5.56 Å². The first-order chi connectivity index (χ1) is 19.4. The summed E-state index contributed by atoms with van der Waals surface area (Å²) in [5, 5.41) is 0.661. The molecule has 1 aliphatic rings. The number of hydrogen-bond acceptors (Lipinski definition) is 7. The van der Waals surface area contributed by atoms with Crippen molar-refractivity contribution in [3.05, 3.63) is 125 Å². The Bertz CT molecular complexity index is 1760. The number of fused-ring (bicyclic) bond motifs is 1. The van der Waals surface area contributed by atoms with E-state index in [1.165, 1.54) is 11.3 Å². The number of para-hydroxylation sites is 1. The lowest BCUT2D eigenvalue weighted by Gasteiger charge is -2.24. The third-order valence-corrected chi connectivity index (χ3v) is 7.70. The molecule has 3 aromatic carbocycles. The summed E-state index contributed by atoms with van der Waals surface area (Å²) in [5.41, 5.74) is 3.06. The van der Waals surface area contributed by atoms with E-state index in [2.05, 4.69) is 4.99 Å². The molecule has 4 aromatic rings. The van der Waals surface area contributed by atoms with Crippen molar-refractivity contribution in [2.45, 2.75) is 26.5 Å². The fourth-order valence-corrected chi connectivity index (χ4v) is 5.67. The smallest absolute Gasteiger partial charge is 0.338 e. The second-order valence-electron chi connectivity index (χ2n) is 9.03. The molecule has 0 fully saturated rings. The van der Waals surface area contributed by atoms with Crippen LogP contribution in [0.1, 0.15) is 36.6 Å². The number of rotatable bonds is 8. The van der Waals surface area contributed by atoms with Gasteiger partial charge >= 0.3 is 5.97 Å². The van der Waals surface area contributed by atoms with Crippen LogP contribution in [0, 0.1) is 0 Å². The number of aromatic nitrogens is 1. The van der Waals surface area contributed by atoms with Crippen molar-refractivity contribution in [1.82, 2.24) is 4.57 Å². The third kappa shape index (κ3) is 5.59. The minimum atomic E-state index is -0.695. The SMILES string of the molecule is CCOC(=O)C1=C(C)N=c2s/c(=C/c3ccccc3OCc3ccc(Cl)cc3)c(=O)n2[C@H]1c1ccc(OC)cc1. The van der Waals surface area contributed by atoms with E-state index in [1.54, 1.807) is 43.7 Å². The standard InChI is InChI=1S/C31H27ClN2O5S/c1-4-38-30(36)27-19(2)33-31-34(28(27)21-11-15-24(37-3)16-12-21)29(35)26(40-31)17-22-7-5-6-8-25(22)39-18-20-9-13-23(32)14-10-20/h5-17,28H,4,18H2,1-3H3/b26-17+/t28-/m0/s1. The van der Waals surface area contributed by atoms with Gasteiger partial charge in [-0.15, -0.1) is 0 Å². The van der Waals surface area contributed by atoms with Crippen LogP contribution < -0.4 is 24.4 Å². The molecule has 204 valence electrons. The zero-order chi connectivity index (χ0) is 28.2. The Kier molecular flexibility index (Phi) is 8.19. The van der Waals surface area contributed by atoms with Crippen LogP contribution >= 0.6 is 22.9 Å². The molecule has 0 N–H and O–H groups in total. The minimum absolute atomic E-state index is 0.210. The Hall–Kier alpha value is -4.14. The predicted octanol–water partition coefficient (Wildman–Crippen LogP) is 5.04. The van der Waals surface area contributed by atoms with E-state index in [9.17, 15) is 9.59 Å². The lowest BCUT2D eigenvalue weighted by atomic mass is 9.96. The van der Waals surface area contributed by atoms with E-state index in [-0.39, 0.29) is 12.2 Å². The molecule has 1 aliphatic heterocycles. The number of ether oxygens (including phenoxy) is 3. The van der Waals surface area contributed by atoms with Gasteiger partial charge in [0.05, 0.1) is 35.6 Å². The molecular weight excluding hydrogens is 548 g/mol. The number of hydrogen-bond donors (Lipinski definition) is 0. The van der Waals surface area contributed by atoms with Gasteiger partial charge in [-0.1, -0.05) is 65.4 Å². The summed E-state index contributed by atoms with van der Waals surface area (Å²) in [5.74, 6) is 0.808. The number of halogens is 1. The molecule has 0 amide bonds. The highest BCUT2D eigenvalue weighted by atomic mass is 35.5. The van der Waals surface area contributed by atoms with Crippen molar-refractivity contribution in [2.24, 2.45) is 4.99 Å². The quantitative estimate of drug-likeness (QED) is 0.276. The van der Waals surface area contributed by atoms with Crippen LogP contribution in [0.15, 0.2) is 93.9 Å². The first-order valence-electron chi connectivity index (χ1n) is 12.7. The van der Waals surface area contributed by atoms with Crippen molar-refractivity contribution in [1.29, 1.82) is 0 Å². The second-order valence-corrected chi connectivity index (χ2v) is 10.5. The van der Waals surface area contributed by atoms with Crippen molar-refractivity contribution < 1.29 is 19.0 Å². The van der Waals surface area contributed by atoms with E-state index in [4.69, 9.17) is 25.8 Å². The summed E-state index contributed by atoms with van der Waals surface area (Å²) in [4.78, 5) is 32.1. The van der Waals surface area contributed by atoms with Crippen molar-refractivity contribution in [2.75, 3.05) is 13.7 Å². The Balaban J connectivity index is 1.59. The molecule has 1 aromatic heterocycles. The molecule has 0 unspecified atom stereocenters. The minimum Gasteiger partial charge on any atom is -0.497 e. The molecule has 0 saturated heterocycles. The maximum absolute atomic E-state index is 13.9. The van der Waals surface area contributed by atoms with Crippen LogP contribution in [0.4, 0.5) is 0 Å². The molecule has 5 rings (SSSR count). The summed E-state index contributed by atoms with van der Waals surface area (Å²) < 4.78 is 18.8. The van der Waals surface area contributed by atoms with Gasteiger partial charge in [-0.25, -0.2) is 9.79 Å². The number of carbonyl (C=O) groups excluding carboxylic acids is 1. The molecule has 1 atom stereocenters. The molecule has 0 saturated carbocycles. The molecular formula is C31H27ClN2O5S. The largest absolute Gasteiger partial charge is 0.497 e. The fraction of sp³-hybridized carbons (Fsp3) is 0.194. The van der Waals surface area contributed by atoms with Crippen molar-refractivity contribution in [3.8, 4) is 11.5 Å². The Morgan fingerprint density at radius 1 is 1.07 bits per heavy atom. The lowest BCUT2D eigenvalue weighted by Crippen LogP contribution is -2.39. The zero-order valence-electron chi connectivity index (χ0n) is 22.2. The Morgan fingerprint density at radius 3 is 2.50 bits per heavy atom. The molecule has 7 nitrogen and oxygen atoms in total. The maximum Gasteiger partial charge on any atom is 0.338 e. The van der Waals surface area contributed by atoms with Gasteiger partial charge in [0.15, 0.2) is 4.80 Å². The van der Waals surface area contributed by atoms with Crippen LogP contribution in [0.5, 0.6) is 11.5 Å². The van der Waals surface area contributed by atoms with Crippen molar-refractivity contribution >= 4 is 35.0 Å². The first kappa shape index (κ1) is 27.4. The van der Waals surface area contributed by atoms with Gasteiger partial charge in [0, 0.05) is 10.6 Å². The molecule has 40 heavy (non-hydrogen) atoms. The molecule has 9 heteroatoms. The Morgan fingerprint density at radius 2 is 1.80 bits per heavy atom. The highest BCUT2D eigenvalue weighted by Crippen LogP contribution is 2.31. The van der Waals surface area contributed by atoms with Gasteiger partial charge in [0.2, 0.25) is 0 Å². The number of esters is 1. The highest BCUT2D eigenvalue weighted by molar-refractivity contribution is 7.07. The monoisotopic (exact) mass is 574 g/mol. The fourth-order valence-electron chi connectivity index (χ4n) is 4.51. The van der Waals surface area contributed by atoms with Crippen molar-refractivity contribution in [3.63, 3.8) is 0 Å². The predicted molar refractivity (Wildman–Crippen MR) is 156 cm³/mol. The van der Waals surface area contributed by atoms with Gasteiger partial charge in [-0.05, 0) is 61.4 Å². The maximum atomic E-state index is 13.9. The molecule has 0 radical (unpaired) electrons. The summed E-state index contributed by atoms with van der Waals surface area (Å²) in [7, 11) is 1.59. The molecule has 0 spiro atoms. The average molecular weight is 575 g/mol. The number of methoxy groups -OCH3 is 1. The van der Waals surface area contributed by atoms with E-state index in [0.29, 0.717) is 43.7 Å². The van der Waals surface area contributed by atoms with Crippen LogP contribution in [0.25, 0.3) is 6.08 Å². The summed E-state index contributed by atoms with van der Waals surface area (Å²) in [6.45, 7) is 4.07. The summed E-state index contributed by atoms with van der Waals surface area (Å²) in [6.07, 6.45) is 1.80.